The summed E-state index contributed by atoms with van der Waals surface area (Å²) in [6, 6.07) is 0.00976. The third-order valence-corrected chi connectivity index (χ3v) is 6.12. The van der Waals surface area contributed by atoms with Gasteiger partial charge < -0.3 is 4.90 Å². The number of allylic oxidation sites excluding steroid dienone is 1. The third kappa shape index (κ3) is 3.98. The number of quaternary nitrogens is 1. The van der Waals surface area contributed by atoms with Gasteiger partial charge in [-0.3, -0.25) is 4.68 Å². The Morgan fingerprint density at radius 2 is 2.09 bits per heavy atom. The average molecular weight is 326 g/mol. The first kappa shape index (κ1) is 17.2. The summed E-state index contributed by atoms with van der Waals surface area (Å²) in [6.07, 6.45) is 2.93. The molecule has 2 heterocycles. The van der Waals surface area contributed by atoms with Crippen molar-refractivity contribution in [2.24, 2.45) is 0 Å². The van der Waals surface area contributed by atoms with Gasteiger partial charge >= 0.3 is 0 Å². The second-order valence-electron chi connectivity index (χ2n) is 6.77. The van der Waals surface area contributed by atoms with Crippen LogP contribution in [0.15, 0.2) is 11.6 Å². The minimum absolute atomic E-state index is 0.00976. The summed E-state index contributed by atoms with van der Waals surface area (Å²) in [5.41, 5.74) is 4.73. The molecule has 1 unspecified atom stereocenters. The molecule has 1 aromatic rings. The maximum atomic E-state index is 11.7. The predicted octanol–water partition coefficient (Wildman–Crippen LogP) is 0.840. The lowest BCUT2D eigenvalue weighted by Crippen LogP contribution is -3.07. The molecule has 0 aromatic carbocycles. The Morgan fingerprint density at radius 1 is 1.41 bits per heavy atom. The first-order valence-electron chi connectivity index (χ1n) is 7.89. The molecule has 6 heteroatoms. The number of hydrogen-bond donors (Lipinski definition) is 1. The monoisotopic (exact) mass is 326 g/mol. The van der Waals surface area contributed by atoms with Crippen molar-refractivity contribution in [1.29, 1.82) is 0 Å². The van der Waals surface area contributed by atoms with E-state index >= 15 is 0 Å². The number of nitrogens with zero attached hydrogens (tertiary/aromatic N) is 2. The van der Waals surface area contributed by atoms with Crippen LogP contribution in [-0.4, -0.2) is 43.3 Å². The fourth-order valence-electron chi connectivity index (χ4n) is 3.03. The van der Waals surface area contributed by atoms with Gasteiger partial charge in [-0.25, -0.2) is 8.42 Å². The minimum Gasteiger partial charge on any atom is -0.330 e. The lowest BCUT2D eigenvalue weighted by atomic mass is 10.1. The van der Waals surface area contributed by atoms with Crippen molar-refractivity contribution in [2.45, 2.75) is 46.7 Å². The van der Waals surface area contributed by atoms with E-state index in [0.717, 1.165) is 24.5 Å². The van der Waals surface area contributed by atoms with Crippen LogP contribution in [0.5, 0.6) is 0 Å². The van der Waals surface area contributed by atoms with E-state index in [0.29, 0.717) is 6.42 Å². The zero-order valence-corrected chi connectivity index (χ0v) is 15.1. The number of aromatic nitrogens is 2. The summed E-state index contributed by atoms with van der Waals surface area (Å²) < 4.78 is 25.3. The van der Waals surface area contributed by atoms with Crippen molar-refractivity contribution >= 4 is 9.84 Å². The molecule has 1 aliphatic rings. The van der Waals surface area contributed by atoms with Gasteiger partial charge in [0, 0.05) is 5.69 Å². The van der Waals surface area contributed by atoms with E-state index in [1.807, 2.05) is 11.6 Å². The Kier molecular flexibility index (Phi) is 5.12. The molecule has 2 rings (SSSR count). The van der Waals surface area contributed by atoms with Gasteiger partial charge in [-0.05, 0) is 40.2 Å². The van der Waals surface area contributed by atoms with Crippen LogP contribution in [-0.2, 0) is 16.4 Å². The summed E-state index contributed by atoms with van der Waals surface area (Å²) >= 11 is 0. The molecule has 5 nitrogen and oxygen atoms in total. The zero-order chi connectivity index (χ0) is 16.5. The van der Waals surface area contributed by atoms with Crippen LogP contribution in [0, 0.1) is 13.8 Å². The molecule has 1 saturated heterocycles. The van der Waals surface area contributed by atoms with E-state index < -0.39 is 9.84 Å². The number of nitrogens with one attached hydrogen (secondary N) is 1. The highest BCUT2D eigenvalue weighted by Crippen LogP contribution is 2.26. The molecule has 0 bridgehead atoms. The maximum Gasteiger partial charge on any atom is 0.152 e. The topological polar surface area (TPSA) is 56.4 Å². The molecule has 2 atom stereocenters. The highest BCUT2D eigenvalue weighted by molar-refractivity contribution is 7.91. The van der Waals surface area contributed by atoms with E-state index in [-0.39, 0.29) is 17.5 Å². The van der Waals surface area contributed by atoms with E-state index in [4.69, 9.17) is 0 Å². The molecule has 0 saturated carbocycles. The molecule has 1 aromatic heterocycles. The van der Waals surface area contributed by atoms with Gasteiger partial charge in [-0.2, -0.15) is 5.10 Å². The normalized spacial score (nSPS) is 21.8. The summed E-state index contributed by atoms with van der Waals surface area (Å²) in [6.45, 7) is 10.2. The quantitative estimate of drug-likeness (QED) is 0.816. The highest BCUT2D eigenvalue weighted by atomic mass is 32.2. The molecule has 0 aliphatic carbocycles. The fraction of sp³-hybridized carbons (Fsp3) is 0.688. The highest BCUT2D eigenvalue weighted by Gasteiger charge is 2.31. The molecule has 22 heavy (non-hydrogen) atoms. The smallest absolute Gasteiger partial charge is 0.152 e. The van der Waals surface area contributed by atoms with E-state index in [1.165, 1.54) is 16.0 Å². The Morgan fingerprint density at radius 3 is 2.64 bits per heavy atom. The average Bonchev–Trinajstić information content (AvgIpc) is 2.90. The van der Waals surface area contributed by atoms with Crippen molar-refractivity contribution in [2.75, 3.05) is 25.1 Å². The molecular formula is C16H28N3O2S+. The zero-order valence-electron chi connectivity index (χ0n) is 14.3. The van der Waals surface area contributed by atoms with Crippen molar-refractivity contribution in [1.82, 2.24) is 9.78 Å². The summed E-state index contributed by atoms with van der Waals surface area (Å²) in [7, 11) is -0.703. The first-order valence-corrected chi connectivity index (χ1v) is 9.71. The molecule has 1 fully saturated rings. The van der Waals surface area contributed by atoms with E-state index in [1.54, 1.807) is 0 Å². The lowest BCUT2D eigenvalue weighted by molar-refractivity contribution is -0.887. The minimum atomic E-state index is -2.88. The molecule has 124 valence electrons. The van der Waals surface area contributed by atoms with Crippen LogP contribution in [0.25, 0.3) is 0 Å². The summed E-state index contributed by atoms with van der Waals surface area (Å²) in [4.78, 5) is 1.41. The Bertz CT molecular complexity index is 670. The Labute approximate surface area is 133 Å². The Hall–Kier alpha value is -1.14. The molecule has 1 N–H and O–H groups in total. The van der Waals surface area contributed by atoms with Crippen LogP contribution in [0.3, 0.4) is 0 Å². The number of sulfone groups is 1. The standard InChI is InChI=1S/C16H27N3O2S/c1-12(2)6-8-18(5)10-16-13(3)17-19(14(16)4)15-7-9-22(20,21)11-15/h6,15H,7-11H2,1-5H3/p+1/t15-/m0/s1. The van der Waals surface area contributed by atoms with Gasteiger partial charge in [0.05, 0.1) is 42.4 Å². The summed E-state index contributed by atoms with van der Waals surface area (Å²) in [5, 5.41) is 4.63. The lowest BCUT2D eigenvalue weighted by Gasteiger charge is -2.14. The third-order valence-electron chi connectivity index (χ3n) is 4.37. The van der Waals surface area contributed by atoms with E-state index in [2.05, 4.69) is 39.0 Å². The van der Waals surface area contributed by atoms with Crippen LogP contribution in [0.2, 0.25) is 0 Å². The predicted molar refractivity (Wildman–Crippen MR) is 88.9 cm³/mol. The molecule has 0 radical (unpaired) electrons. The maximum absolute atomic E-state index is 11.7. The number of rotatable bonds is 5. The van der Waals surface area contributed by atoms with Crippen molar-refractivity contribution < 1.29 is 13.3 Å². The van der Waals surface area contributed by atoms with Gasteiger partial charge in [-0.15, -0.1) is 0 Å². The number of likely N-dealkylation sites (N-methyl/N-ethyl adjacent to an activating group) is 1. The Balaban J connectivity index is 2.16. The fourth-order valence-corrected chi connectivity index (χ4v) is 4.72. The van der Waals surface area contributed by atoms with Gasteiger partial charge in [0.25, 0.3) is 0 Å². The SMILES string of the molecule is CC(C)=CC[NH+](C)Cc1c(C)nn([C@H]2CCS(=O)(=O)C2)c1C. The van der Waals surface area contributed by atoms with Crippen LogP contribution in [0.1, 0.15) is 43.3 Å². The van der Waals surface area contributed by atoms with Crippen molar-refractivity contribution in [3.63, 3.8) is 0 Å². The van der Waals surface area contributed by atoms with Gasteiger partial charge in [0.2, 0.25) is 0 Å². The van der Waals surface area contributed by atoms with Crippen molar-refractivity contribution in [3.05, 3.63) is 28.6 Å². The second-order valence-corrected chi connectivity index (χ2v) is 9.00. The second kappa shape index (κ2) is 6.54. The van der Waals surface area contributed by atoms with Crippen LogP contribution >= 0.6 is 0 Å². The molecule has 1 aliphatic heterocycles. The molecule has 0 amide bonds. The first-order chi connectivity index (χ1) is 10.2. The van der Waals surface area contributed by atoms with Gasteiger partial charge in [-0.1, -0.05) is 5.57 Å². The van der Waals surface area contributed by atoms with E-state index in [9.17, 15) is 8.42 Å². The van der Waals surface area contributed by atoms with Crippen LogP contribution in [0.4, 0.5) is 0 Å². The molecular weight excluding hydrogens is 298 g/mol. The molecule has 0 spiro atoms. The van der Waals surface area contributed by atoms with Gasteiger partial charge in [0.15, 0.2) is 9.84 Å². The van der Waals surface area contributed by atoms with Crippen molar-refractivity contribution in [3.8, 4) is 0 Å². The summed E-state index contributed by atoms with van der Waals surface area (Å²) in [5.74, 6) is 0.520. The van der Waals surface area contributed by atoms with Gasteiger partial charge in [0.1, 0.15) is 6.54 Å². The number of aryl methyl sites for hydroxylation is 1. The van der Waals surface area contributed by atoms with Crippen LogP contribution < -0.4 is 4.90 Å². The number of hydrogen-bond acceptors (Lipinski definition) is 3. The largest absolute Gasteiger partial charge is 0.330 e.